The number of fused-ring (bicyclic) bond motifs is 1. The average Bonchev–Trinajstić information content (AvgIpc) is 2.45. The molecule has 0 spiro atoms. The first-order valence-electron chi connectivity index (χ1n) is 6.72. The molecule has 1 aliphatic rings. The van der Waals surface area contributed by atoms with Crippen LogP contribution >= 0.6 is 0 Å². The molecule has 0 unspecified atom stereocenters. The van der Waals surface area contributed by atoms with Gasteiger partial charge in [-0.05, 0) is 24.5 Å². The number of hydrogen-bond donors (Lipinski definition) is 2. The van der Waals surface area contributed by atoms with Crippen LogP contribution in [0.3, 0.4) is 0 Å². The number of ether oxygens (including phenoxy) is 1. The van der Waals surface area contributed by atoms with E-state index in [0.717, 1.165) is 17.5 Å². The number of benzene rings is 1. The van der Waals surface area contributed by atoms with Crippen LogP contribution in [-0.2, 0) is 16.0 Å². The van der Waals surface area contributed by atoms with Crippen molar-refractivity contribution in [1.82, 2.24) is 9.97 Å². The zero-order valence-electron chi connectivity index (χ0n) is 11.6. The Labute approximate surface area is 121 Å². The van der Waals surface area contributed by atoms with Crippen LogP contribution in [0.25, 0.3) is 0 Å². The summed E-state index contributed by atoms with van der Waals surface area (Å²) in [5.41, 5.74) is 2.12. The van der Waals surface area contributed by atoms with Gasteiger partial charge in [-0.25, -0.2) is 4.79 Å². The third-order valence-electron chi connectivity index (χ3n) is 3.36. The Balaban J connectivity index is 1.85. The van der Waals surface area contributed by atoms with Crippen molar-refractivity contribution in [3.8, 4) is 0 Å². The van der Waals surface area contributed by atoms with Crippen molar-refractivity contribution >= 4 is 11.7 Å². The molecule has 6 heteroatoms. The number of aromatic nitrogens is 2. The predicted molar refractivity (Wildman–Crippen MR) is 77.1 cm³/mol. The minimum atomic E-state index is -0.670. The van der Waals surface area contributed by atoms with E-state index in [2.05, 4.69) is 15.3 Å². The number of carbonyl (C=O) groups excluding carboxylic acids is 1. The van der Waals surface area contributed by atoms with Crippen LogP contribution in [-0.4, -0.2) is 22.5 Å². The standard InChI is InChI=1S/C15H15N3O3/c1-9-8-12(18-15(20)16-9)17-14(19)13-11-5-3-2-4-10(11)6-7-21-13/h2-5,8,13H,6-7H2,1H3,(H2,16,17,18,19,20)/t13-/m1/s1. The van der Waals surface area contributed by atoms with Crippen molar-refractivity contribution in [2.75, 3.05) is 11.9 Å². The molecular formula is C15H15N3O3. The van der Waals surface area contributed by atoms with Gasteiger partial charge in [0.25, 0.3) is 5.91 Å². The van der Waals surface area contributed by atoms with E-state index < -0.39 is 11.8 Å². The Morgan fingerprint density at radius 1 is 1.43 bits per heavy atom. The van der Waals surface area contributed by atoms with Crippen molar-refractivity contribution in [3.05, 3.63) is 57.6 Å². The summed E-state index contributed by atoms with van der Waals surface area (Å²) in [7, 11) is 0. The molecular weight excluding hydrogens is 270 g/mol. The molecule has 0 bridgehead atoms. The van der Waals surface area contributed by atoms with Gasteiger partial charge in [0.2, 0.25) is 0 Å². The first-order chi connectivity index (χ1) is 10.1. The van der Waals surface area contributed by atoms with Gasteiger partial charge in [0.15, 0.2) is 6.10 Å². The number of nitrogens with one attached hydrogen (secondary N) is 2. The number of aryl methyl sites for hydroxylation is 1. The molecule has 0 fully saturated rings. The lowest BCUT2D eigenvalue weighted by atomic mass is 9.97. The summed E-state index contributed by atoms with van der Waals surface area (Å²) in [5, 5.41) is 2.64. The lowest BCUT2D eigenvalue weighted by Gasteiger charge is -2.24. The van der Waals surface area contributed by atoms with Gasteiger partial charge in [-0.15, -0.1) is 0 Å². The van der Waals surface area contributed by atoms with E-state index in [9.17, 15) is 9.59 Å². The van der Waals surface area contributed by atoms with Gasteiger partial charge >= 0.3 is 5.69 Å². The molecule has 2 N–H and O–H groups in total. The number of hydrogen-bond acceptors (Lipinski definition) is 4. The van der Waals surface area contributed by atoms with E-state index in [-0.39, 0.29) is 11.7 Å². The molecule has 21 heavy (non-hydrogen) atoms. The largest absolute Gasteiger partial charge is 0.363 e. The van der Waals surface area contributed by atoms with Crippen molar-refractivity contribution in [2.24, 2.45) is 0 Å². The first-order valence-corrected chi connectivity index (χ1v) is 6.72. The van der Waals surface area contributed by atoms with Gasteiger partial charge in [0, 0.05) is 11.8 Å². The second-order valence-electron chi connectivity index (χ2n) is 4.94. The zero-order valence-corrected chi connectivity index (χ0v) is 11.6. The number of rotatable bonds is 2. The molecule has 1 aromatic carbocycles. The van der Waals surface area contributed by atoms with Crippen molar-refractivity contribution in [3.63, 3.8) is 0 Å². The monoisotopic (exact) mass is 285 g/mol. The van der Waals surface area contributed by atoms with Gasteiger partial charge in [-0.3, -0.25) is 4.79 Å². The van der Waals surface area contributed by atoms with E-state index in [4.69, 9.17) is 4.74 Å². The Bertz CT molecular complexity index is 739. The van der Waals surface area contributed by atoms with Gasteiger partial charge < -0.3 is 15.0 Å². The molecule has 1 atom stereocenters. The smallest absolute Gasteiger partial charge is 0.347 e. The van der Waals surface area contributed by atoms with Crippen LogP contribution in [0, 0.1) is 6.92 Å². The van der Waals surface area contributed by atoms with Gasteiger partial charge in [-0.2, -0.15) is 4.98 Å². The second kappa shape index (κ2) is 5.49. The Kier molecular flexibility index (Phi) is 3.53. The number of amides is 1. The number of nitrogens with zero attached hydrogens (tertiary/aromatic N) is 1. The van der Waals surface area contributed by atoms with Crippen LogP contribution in [0.4, 0.5) is 5.82 Å². The van der Waals surface area contributed by atoms with Crippen molar-refractivity contribution in [1.29, 1.82) is 0 Å². The molecule has 6 nitrogen and oxygen atoms in total. The summed E-state index contributed by atoms with van der Waals surface area (Å²) in [6.45, 7) is 2.22. The molecule has 3 rings (SSSR count). The van der Waals surface area contributed by atoms with E-state index in [1.165, 1.54) is 0 Å². The maximum absolute atomic E-state index is 12.4. The van der Waals surface area contributed by atoms with E-state index in [1.54, 1.807) is 13.0 Å². The van der Waals surface area contributed by atoms with Crippen LogP contribution in [0.15, 0.2) is 35.1 Å². The van der Waals surface area contributed by atoms with E-state index in [0.29, 0.717) is 12.3 Å². The third-order valence-corrected chi connectivity index (χ3v) is 3.36. The molecule has 108 valence electrons. The number of carbonyl (C=O) groups is 1. The summed E-state index contributed by atoms with van der Waals surface area (Å²) < 4.78 is 5.57. The highest BCUT2D eigenvalue weighted by Crippen LogP contribution is 2.27. The molecule has 2 aromatic rings. The number of anilines is 1. The number of aromatic amines is 1. The van der Waals surface area contributed by atoms with Crippen LogP contribution in [0.1, 0.15) is 22.9 Å². The highest BCUT2D eigenvalue weighted by molar-refractivity contribution is 5.94. The molecule has 2 heterocycles. The average molecular weight is 285 g/mol. The maximum atomic E-state index is 12.4. The molecule has 0 saturated carbocycles. The lowest BCUT2D eigenvalue weighted by Crippen LogP contribution is -2.29. The van der Waals surface area contributed by atoms with Crippen LogP contribution < -0.4 is 11.0 Å². The van der Waals surface area contributed by atoms with E-state index >= 15 is 0 Å². The molecule has 1 aliphatic heterocycles. The fourth-order valence-corrected chi connectivity index (χ4v) is 2.45. The minimum absolute atomic E-state index is 0.230. The Morgan fingerprint density at radius 3 is 3.05 bits per heavy atom. The van der Waals surface area contributed by atoms with Gasteiger partial charge in [0.05, 0.1) is 6.61 Å². The normalized spacial score (nSPS) is 17.1. The summed E-state index contributed by atoms with van der Waals surface area (Å²) >= 11 is 0. The van der Waals surface area contributed by atoms with Crippen molar-refractivity contribution < 1.29 is 9.53 Å². The molecule has 0 aliphatic carbocycles. The predicted octanol–water partition coefficient (Wildman–Crippen LogP) is 1.33. The minimum Gasteiger partial charge on any atom is -0.363 e. The second-order valence-corrected chi connectivity index (χ2v) is 4.94. The Hall–Kier alpha value is -2.47. The summed E-state index contributed by atoms with van der Waals surface area (Å²) in [4.78, 5) is 29.9. The summed E-state index contributed by atoms with van der Waals surface area (Å²) in [6, 6.07) is 9.31. The van der Waals surface area contributed by atoms with Crippen LogP contribution in [0.5, 0.6) is 0 Å². The van der Waals surface area contributed by atoms with Gasteiger partial charge in [0.1, 0.15) is 5.82 Å². The summed E-state index contributed by atoms with van der Waals surface area (Å²) in [5.74, 6) is -0.0902. The fraction of sp³-hybridized carbons (Fsp3) is 0.267. The Morgan fingerprint density at radius 2 is 2.24 bits per heavy atom. The summed E-state index contributed by atoms with van der Waals surface area (Å²) in [6.07, 6.45) is 0.124. The highest BCUT2D eigenvalue weighted by Gasteiger charge is 2.27. The lowest BCUT2D eigenvalue weighted by molar-refractivity contribution is -0.128. The van der Waals surface area contributed by atoms with E-state index in [1.807, 2.05) is 24.3 Å². The zero-order chi connectivity index (χ0) is 14.8. The number of H-pyrrole nitrogens is 1. The SMILES string of the molecule is Cc1cc(NC(=O)[C@@H]2OCCc3ccccc32)nc(=O)[nH]1. The molecule has 1 amide bonds. The molecule has 0 saturated heterocycles. The topological polar surface area (TPSA) is 84.1 Å². The highest BCUT2D eigenvalue weighted by atomic mass is 16.5. The first kappa shape index (κ1) is 13.5. The van der Waals surface area contributed by atoms with Gasteiger partial charge in [-0.1, -0.05) is 24.3 Å². The third kappa shape index (κ3) is 2.85. The van der Waals surface area contributed by atoms with Crippen LogP contribution in [0.2, 0.25) is 0 Å². The molecule has 1 aromatic heterocycles. The van der Waals surface area contributed by atoms with Crippen molar-refractivity contribution in [2.45, 2.75) is 19.4 Å². The maximum Gasteiger partial charge on any atom is 0.347 e. The molecule has 0 radical (unpaired) electrons. The quantitative estimate of drug-likeness (QED) is 0.872. The fourth-order valence-electron chi connectivity index (χ4n) is 2.45.